The van der Waals surface area contributed by atoms with Crippen molar-refractivity contribution in [1.29, 1.82) is 0 Å². The minimum atomic E-state index is 0.142. The van der Waals surface area contributed by atoms with Gasteiger partial charge in [0.2, 0.25) is 0 Å². The van der Waals surface area contributed by atoms with Crippen molar-refractivity contribution < 1.29 is 9.84 Å². The number of halogens is 1. The van der Waals surface area contributed by atoms with E-state index in [1.165, 1.54) is 0 Å². The summed E-state index contributed by atoms with van der Waals surface area (Å²) in [6, 6.07) is 5.85. The second-order valence-corrected chi connectivity index (χ2v) is 4.41. The Kier molecular flexibility index (Phi) is 3.60. The summed E-state index contributed by atoms with van der Waals surface area (Å²) in [7, 11) is 1.97. The Morgan fingerprint density at radius 3 is 2.88 bits per heavy atom. The second kappa shape index (κ2) is 4.98. The zero-order valence-corrected chi connectivity index (χ0v) is 10.8. The predicted molar refractivity (Wildman–Crippen MR) is 69.9 cm³/mol. The van der Waals surface area contributed by atoms with Crippen LogP contribution >= 0.6 is 11.6 Å². The van der Waals surface area contributed by atoms with E-state index in [2.05, 4.69) is 0 Å². The van der Waals surface area contributed by atoms with E-state index in [1.54, 1.807) is 0 Å². The van der Waals surface area contributed by atoms with Gasteiger partial charge in [-0.1, -0.05) is 23.7 Å². The summed E-state index contributed by atoms with van der Waals surface area (Å²) in [4.78, 5) is 0. The Bertz CT molecular complexity index is 534. The fraction of sp³-hybridized carbons (Fsp3) is 0.385. The second-order valence-electron chi connectivity index (χ2n) is 4.04. The van der Waals surface area contributed by atoms with Gasteiger partial charge in [0.1, 0.15) is 5.75 Å². The van der Waals surface area contributed by atoms with E-state index in [4.69, 9.17) is 21.4 Å². The van der Waals surface area contributed by atoms with Crippen molar-refractivity contribution in [2.24, 2.45) is 7.05 Å². The smallest absolute Gasteiger partial charge is 0.143 e. The summed E-state index contributed by atoms with van der Waals surface area (Å²) in [5.74, 6) is 0.813. The molecule has 0 unspecified atom stereocenters. The summed E-state index contributed by atoms with van der Waals surface area (Å²) in [5, 5.41) is 10.5. The first-order valence-electron chi connectivity index (χ1n) is 5.64. The number of para-hydroxylation sites is 1. The predicted octanol–water partition coefficient (Wildman–Crippen LogP) is 2.90. The van der Waals surface area contributed by atoms with Crippen LogP contribution in [-0.4, -0.2) is 22.9 Å². The van der Waals surface area contributed by atoms with Gasteiger partial charge in [-0.3, -0.25) is 0 Å². The van der Waals surface area contributed by atoms with Crippen molar-refractivity contribution in [3.63, 3.8) is 0 Å². The summed E-state index contributed by atoms with van der Waals surface area (Å²) in [6.45, 7) is 2.64. The van der Waals surface area contributed by atoms with Gasteiger partial charge in [-0.2, -0.15) is 0 Å². The molecule has 0 radical (unpaired) electrons. The van der Waals surface area contributed by atoms with Gasteiger partial charge < -0.3 is 14.4 Å². The fourth-order valence-electron chi connectivity index (χ4n) is 1.92. The standard InChI is InChI=1S/C13H16ClNO2/c1-9-12(14)10-5-3-6-11(13(10)15(9)2)17-8-4-7-16/h3,5-6,16H,4,7-8H2,1-2H3. The molecule has 0 spiro atoms. The van der Waals surface area contributed by atoms with E-state index in [9.17, 15) is 0 Å². The van der Waals surface area contributed by atoms with Crippen LogP contribution in [0.25, 0.3) is 10.9 Å². The lowest BCUT2D eigenvalue weighted by Crippen LogP contribution is -2.01. The van der Waals surface area contributed by atoms with Gasteiger partial charge in [-0.25, -0.2) is 0 Å². The van der Waals surface area contributed by atoms with Crippen LogP contribution in [0.2, 0.25) is 5.02 Å². The van der Waals surface area contributed by atoms with Gasteiger partial charge in [0.15, 0.2) is 0 Å². The summed E-state index contributed by atoms with van der Waals surface area (Å²) in [6.07, 6.45) is 0.632. The zero-order chi connectivity index (χ0) is 12.4. The monoisotopic (exact) mass is 253 g/mol. The molecule has 1 aromatic heterocycles. The van der Waals surface area contributed by atoms with E-state index in [1.807, 2.05) is 36.7 Å². The number of benzene rings is 1. The van der Waals surface area contributed by atoms with Crippen molar-refractivity contribution in [1.82, 2.24) is 4.57 Å². The van der Waals surface area contributed by atoms with Crippen LogP contribution < -0.4 is 4.74 Å². The molecule has 4 heteroatoms. The third-order valence-electron chi connectivity index (χ3n) is 2.95. The summed E-state index contributed by atoms with van der Waals surface area (Å²) >= 11 is 6.26. The molecule has 0 aliphatic heterocycles. The first-order valence-corrected chi connectivity index (χ1v) is 6.01. The van der Waals surface area contributed by atoms with Gasteiger partial charge in [0, 0.05) is 31.2 Å². The Labute approximate surface area is 106 Å². The molecule has 0 aliphatic rings. The van der Waals surface area contributed by atoms with Gasteiger partial charge >= 0.3 is 0 Å². The van der Waals surface area contributed by atoms with Crippen molar-refractivity contribution >= 4 is 22.5 Å². The molecule has 0 saturated carbocycles. The van der Waals surface area contributed by atoms with Gasteiger partial charge in [0.25, 0.3) is 0 Å². The molecule has 2 aromatic rings. The molecule has 2 rings (SSSR count). The Morgan fingerprint density at radius 2 is 2.18 bits per heavy atom. The number of rotatable bonds is 4. The van der Waals surface area contributed by atoms with Crippen LogP contribution in [0, 0.1) is 6.92 Å². The fourth-order valence-corrected chi connectivity index (χ4v) is 2.20. The van der Waals surface area contributed by atoms with E-state index in [-0.39, 0.29) is 6.61 Å². The molecule has 0 amide bonds. The van der Waals surface area contributed by atoms with Crippen LogP contribution in [0.15, 0.2) is 18.2 Å². The topological polar surface area (TPSA) is 34.4 Å². The normalized spacial score (nSPS) is 11.1. The number of ether oxygens (including phenoxy) is 1. The Balaban J connectivity index is 2.46. The number of aliphatic hydroxyl groups is 1. The summed E-state index contributed by atoms with van der Waals surface area (Å²) in [5.41, 5.74) is 2.04. The highest BCUT2D eigenvalue weighted by Gasteiger charge is 2.13. The average Bonchev–Trinajstić information content (AvgIpc) is 2.56. The number of nitrogens with zero attached hydrogens (tertiary/aromatic N) is 1. The highest BCUT2D eigenvalue weighted by atomic mass is 35.5. The minimum absolute atomic E-state index is 0.142. The van der Waals surface area contributed by atoms with Crippen LogP contribution in [0.4, 0.5) is 0 Å². The van der Waals surface area contributed by atoms with Crippen molar-refractivity contribution in [2.75, 3.05) is 13.2 Å². The first-order chi connectivity index (χ1) is 8.16. The largest absolute Gasteiger partial charge is 0.491 e. The van der Waals surface area contributed by atoms with E-state index in [0.717, 1.165) is 27.4 Å². The SMILES string of the molecule is Cc1c(Cl)c2cccc(OCCCO)c2n1C. The number of aryl methyl sites for hydroxylation is 1. The Morgan fingerprint density at radius 1 is 1.41 bits per heavy atom. The number of hydrogen-bond donors (Lipinski definition) is 1. The van der Waals surface area contributed by atoms with Crippen LogP contribution in [-0.2, 0) is 7.05 Å². The van der Waals surface area contributed by atoms with E-state index >= 15 is 0 Å². The third-order valence-corrected chi connectivity index (χ3v) is 3.43. The first kappa shape index (κ1) is 12.3. The maximum Gasteiger partial charge on any atom is 0.143 e. The molecule has 0 fully saturated rings. The molecule has 3 nitrogen and oxygen atoms in total. The highest BCUT2D eigenvalue weighted by molar-refractivity contribution is 6.36. The lowest BCUT2D eigenvalue weighted by molar-refractivity contribution is 0.234. The highest BCUT2D eigenvalue weighted by Crippen LogP contribution is 2.34. The quantitative estimate of drug-likeness (QED) is 0.851. The zero-order valence-electron chi connectivity index (χ0n) is 10.0. The lowest BCUT2D eigenvalue weighted by atomic mass is 10.2. The maximum absolute atomic E-state index is 8.75. The van der Waals surface area contributed by atoms with Gasteiger partial charge in [0.05, 0.1) is 17.1 Å². The van der Waals surface area contributed by atoms with Gasteiger partial charge in [-0.05, 0) is 13.0 Å². The number of hydrogen-bond acceptors (Lipinski definition) is 2. The molecule has 17 heavy (non-hydrogen) atoms. The van der Waals surface area contributed by atoms with Crippen molar-refractivity contribution in [3.05, 3.63) is 28.9 Å². The third kappa shape index (κ3) is 2.13. The molecule has 0 atom stereocenters. The van der Waals surface area contributed by atoms with Crippen LogP contribution in [0.5, 0.6) is 5.75 Å². The van der Waals surface area contributed by atoms with Crippen molar-refractivity contribution in [3.8, 4) is 5.75 Å². The van der Waals surface area contributed by atoms with Crippen LogP contribution in [0.3, 0.4) is 0 Å². The Hall–Kier alpha value is -1.19. The van der Waals surface area contributed by atoms with E-state index < -0.39 is 0 Å². The molecule has 0 saturated heterocycles. The molecule has 92 valence electrons. The van der Waals surface area contributed by atoms with E-state index in [0.29, 0.717) is 13.0 Å². The number of aromatic nitrogens is 1. The van der Waals surface area contributed by atoms with Crippen molar-refractivity contribution in [2.45, 2.75) is 13.3 Å². The molecule has 0 aliphatic carbocycles. The summed E-state index contributed by atoms with van der Waals surface area (Å²) < 4.78 is 7.70. The molecular formula is C13H16ClNO2. The number of fused-ring (bicyclic) bond motifs is 1. The number of aliphatic hydroxyl groups excluding tert-OH is 1. The van der Waals surface area contributed by atoms with Crippen LogP contribution in [0.1, 0.15) is 12.1 Å². The van der Waals surface area contributed by atoms with Gasteiger partial charge in [-0.15, -0.1) is 0 Å². The lowest BCUT2D eigenvalue weighted by Gasteiger charge is -2.08. The molecule has 1 heterocycles. The molecular weight excluding hydrogens is 238 g/mol. The average molecular weight is 254 g/mol. The minimum Gasteiger partial charge on any atom is -0.491 e. The molecule has 1 N–H and O–H groups in total. The molecule has 0 bridgehead atoms. The maximum atomic E-state index is 8.75. The molecule has 1 aromatic carbocycles.